The third-order valence-electron chi connectivity index (χ3n) is 7.41. The first-order chi connectivity index (χ1) is 21.1. The van der Waals surface area contributed by atoms with Gasteiger partial charge in [0.05, 0.1) is 11.8 Å². The van der Waals surface area contributed by atoms with Gasteiger partial charge in [0.15, 0.2) is 23.1 Å². The van der Waals surface area contributed by atoms with Crippen LogP contribution >= 0.6 is 11.3 Å². The largest absolute Gasteiger partial charge is 0.479 e. The third kappa shape index (κ3) is 8.34. The van der Waals surface area contributed by atoms with Gasteiger partial charge in [-0.1, -0.05) is 47.6 Å². The standard InChI is InChI=1S/C32H45N3O10S/c1-29(2,3)32(28(41)42,30(4,5)6)44-21-11-10-17(12-22(21)43-16-24(37)38)20(36)14-34-25(39)26-35-18-13-19(33-15-23(18)46-26)27(40)45-31(7,8)9/h10-12,19-20,33,36H,13-16H2,1-9H3,(H,34,39)(H,37,38)(H,41,42). The lowest BCUT2D eigenvalue weighted by Gasteiger charge is -2.49. The molecule has 254 valence electrons. The van der Waals surface area contributed by atoms with Crippen molar-refractivity contribution in [3.63, 3.8) is 0 Å². The zero-order chi connectivity index (χ0) is 34.8. The van der Waals surface area contributed by atoms with Crippen molar-refractivity contribution in [3.8, 4) is 11.5 Å². The molecule has 1 aromatic heterocycles. The predicted molar refractivity (Wildman–Crippen MR) is 169 cm³/mol. The molecule has 0 saturated carbocycles. The first-order valence-electron chi connectivity index (χ1n) is 14.9. The number of carboxylic acids is 2. The minimum atomic E-state index is -1.76. The third-order valence-corrected chi connectivity index (χ3v) is 8.50. The van der Waals surface area contributed by atoms with E-state index in [4.69, 9.17) is 14.2 Å². The van der Waals surface area contributed by atoms with Crippen LogP contribution in [0.3, 0.4) is 0 Å². The molecule has 0 bridgehead atoms. The molecule has 1 aliphatic rings. The number of fused-ring (bicyclic) bond motifs is 1. The van der Waals surface area contributed by atoms with E-state index in [1.807, 2.05) is 0 Å². The molecule has 1 amide bonds. The summed E-state index contributed by atoms with van der Waals surface area (Å²) in [4.78, 5) is 54.7. The number of aliphatic hydroxyl groups is 1. The summed E-state index contributed by atoms with van der Waals surface area (Å²) in [6.45, 7) is 15.2. The highest BCUT2D eigenvalue weighted by Gasteiger charge is 2.60. The van der Waals surface area contributed by atoms with Crippen molar-refractivity contribution in [3.05, 3.63) is 39.3 Å². The number of aromatic nitrogens is 1. The van der Waals surface area contributed by atoms with Gasteiger partial charge in [0, 0.05) is 35.2 Å². The quantitative estimate of drug-likeness (QED) is 0.219. The molecule has 14 heteroatoms. The number of aliphatic carboxylic acids is 2. The molecule has 2 atom stereocenters. The fourth-order valence-corrected chi connectivity index (χ4v) is 6.49. The van der Waals surface area contributed by atoms with Gasteiger partial charge in [-0.15, -0.1) is 11.3 Å². The summed E-state index contributed by atoms with van der Waals surface area (Å²) in [5.74, 6) is -3.48. The van der Waals surface area contributed by atoms with Crippen LogP contribution in [0.15, 0.2) is 18.2 Å². The van der Waals surface area contributed by atoms with E-state index in [0.29, 0.717) is 12.2 Å². The van der Waals surface area contributed by atoms with Crippen LogP contribution in [0.5, 0.6) is 11.5 Å². The second kappa shape index (κ2) is 13.5. The van der Waals surface area contributed by atoms with Crippen molar-refractivity contribution < 1.29 is 48.7 Å². The molecule has 0 aliphatic carbocycles. The number of thiazole rings is 1. The first kappa shape index (κ1) is 36.7. The first-order valence-corrected chi connectivity index (χ1v) is 15.7. The lowest BCUT2D eigenvalue weighted by atomic mass is 9.62. The van der Waals surface area contributed by atoms with Crippen LogP contribution in [-0.2, 0) is 32.1 Å². The average molecular weight is 664 g/mol. The number of nitrogens with zero attached hydrogens (tertiary/aromatic N) is 1. The molecule has 5 N–H and O–H groups in total. The van der Waals surface area contributed by atoms with Crippen LogP contribution < -0.4 is 20.1 Å². The van der Waals surface area contributed by atoms with Gasteiger partial charge < -0.3 is 34.8 Å². The molecule has 46 heavy (non-hydrogen) atoms. The molecule has 2 aromatic rings. The van der Waals surface area contributed by atoms with E-state index in [9.17, 15) is 34.5 Å². The molecular weight excluding hydrogens is 618 g/mol. The van der Waals surface area contributed by atoms with E-state index in [1.54, 1.807) is 62.3 Å². The monoisotopic (exact) mass is 663 g/mol. The SMILES string of the molecule is CC(C)(C)OC(=O)C1Cc2nc(C(=O)NCC(O)c3ccc(OC(C(=O)O)(C(C)(C)C)C(C)(C)C)c(OCC(=O)O)c3)sc2CN1. The van der Waals surface area contributed by atoms with Crippen LogP contribution in [0.4, 0.5) is 0 Å². The van der Waals surface area contributed by atoms with E-state index in [0.717, 1.165) is 4.88 Å². The number of hydrogen-bond donors (Lipinski definition) is 5. The van der Waals surface area contributed by atoms with Crippen LogP contribution in [0, 0.1) is 10.8 Å². The minimum Gasteiger partial charge on any atom is -0.479 e. The molecule has 0 saturated heterocycles. The average Bonchev–Trinajstić information content (AvgIpc) is 3.34. The summed E-state index contributed by atoms with van der Waals surface area (Å²) in [6.07, 6.45) is -0.968. The number of carbonyl (C=O) groups excluding carboxylic acids is 2. The van der Waals surface area contributed by atoms with E-state index in [2.05, 4.69) is 15.6 Å². The molecular formula is C32H45N3O10S. The second-order valence-electron chi connectivity index (χ2n) is 14.3. The van der Waals surface area contributed by atoms with Gasteiger partial charge in [0.2, 0.25) is 5.60 Å². The van der Waals surface area contributed by atoms with Gasteiger partial charge in [-0.2, -0.15) is 0 Å². The highest BCUT2D eigenvalue weighted by molar-refractivity contribution is 7.13. The molecule has 2 heterocycles. The molecule has 0 fully saturated rings. The van der Waals surface area contributed by atoms with Gasteiger partial charge in [0.25, 0.3) is 5.91 Å². The number of amides is 1. The highest BCUT2D eigenvalue weighted by Crippen LogP contribution is 2.49. The smallest absolute Gasteiger partial charge is 0.349 e. The number of ether oxygens (including phenoxy) is 3. The van der Waals surface area contributed by atoms with Gasteiger partial charge >= 0.3 is 17.9 Å². The van der Waals surface area contributed by atoms with Gasteiger partial charge in [-0.05, 0) is 38.5 Å². The van der Waals surface area contributed by atoms with Crippen molar-refractivity contribution in [1.29, 1.82) is 0 Å². The maximum atomic E-state index is 13.0. The number of rotatable bonds is 11. The Kier molecular flexibility index (Phi) is 10.8. The van der Waals surface area contributed by atoms with Crippen molar-refractivity contribution in [2.45, 2.75) is 98.6 Å². The Labute approximate surface area is 272 Å². The fourth-order valence-electron chi connectivity index (χ4n) is 5.53. The number of carboxylic acid groups (broad SMARTS) is 2. The number of esters is 1. The van der Waals surface area contributed by atoms with Crippen molar-refractivity contribution in [2.24, 2.45) is 10.8 Å². The number of benzene rings is 1. The summed E-state index contributed by atoms with van der Waals surface area (Å²) in [5, 5.41) is 36.5. The topological polar surface area (TPSA) is 194 Å². The molecule has 0 radical (unpaired) electrons. The van der Waals surface area contributed by atoms with Crippen LogP contribution in [0.1, 0.15) is 94.4 Å². The lowest BCUT2D eigenvalue weighted by molar-refractivity contribution is -0.184. The Morgan fingerprint density at radius 2 is 1.65 bits per heavy atom. The molecule has 1 aromatic carbocycles. The van der Waals surface area contributed by atoms with Gasteiger partial charge in [0.1, 0.15) is 11.6 Å². The zero-order valence-electron chi connectivity index (χ0n) is 27.8. The van der Waals surface area contributed by atoms with Gasteiger partial charge in [-0.25, -0.2) is 14.6 Å². The van der Waals surface area contributed by atoms with E-state index in [1.165, 1.54) is 29.5 Å². The second-order valence-corrected chi connectivity index (χ2v) is 15.3. The maximum Gasteiger partial charge on any atom is 0.349 e. The number of aliphatic hydroxyl groups excluding tert-OH is 1. The Morgan fingerprint density at radius 1 is 1.02 bits per heavy atom. The Bertz CT molecular complexity index is 1450. The van der Waals surface area contributed by atoms with E-state index >= 15 is 0 Å². The Morgan fingerprint density at radius 3 is 2.20 bits per heavy atom. The van der Waals surface area contributed by atoms with Crippen LogP contribution in [-0.4, -0.2) is 74.5 Å². The van der Waals surface area contributed by atoms with Crippen molar-refractivity contribution >= 4 is 35.2 Å². The zero-order valence-corrected chi connectivity index (χ0v) is 28.6. The molecule has 3 rings (SSSR count). The van der Waals surface area contributed by atoms with Crippen molar-refractivity contribution in [2.75, 3.05) is 13.2 Å². The maximum absolute atomic E-state index is 13.0. The summed E-state index contributed by atoms with van der Waals surface area (Å²) < 4.78 is 17.1. The number of hydrogen-bond acceptors (Lipinski definition) is 11. The fraction of sp³-hybridized carbons (Fsp3) is 0.594. The minimum absolute atomic E-state index is 0.0138. The van der Waals surface area contributed by atoms with E-state index < -0.39 is 64.6 Å². The summed E-state index contributed by atoms with van der Waals surface area (Å²) in [7, 11) is 0. The Balaban J connectivity index is 1.78. The van der Waals surface area contributed by atoms with E-state index in [-0.39, 0.29) is 35.0 Å². The normalized spacial score (nSPS) is 16.2. The molecule has 1 aliphatic heterocycles. The van der Waals surface area contributed by atoms with Crippen molar-refractivity contribution in [1.82, 2.24) is 15.6 Å². The summed E-state index contributed by atoms with van der Waals surface area (Å²) in [5.41, 5.74) is -3.32. The predicted octanol–water partition coefficient (Wildman–Crippen LogP) is 3.72. The number of carbonyl (C=O) groups is 4. The Hall–Kier alpha value is -3.75. The van der Waals surface area contributed by atoms with Gasteiger partial charge in [-0.3, -0.25) is 14.9 Å². The summed E-state index contributed by atoms with van der Waals surface area (Å²) >= 11 is 1.18. The molecule has 0 spiro atoms. The summed E-state index contributed by atoms with van der Waals surface area (Å²) in [6, 6.07) is 3.68. The number of nitrogens with one attached hydrogen (secondary N) is 2. The highest BCUT2D eigenvalue weighted by atomic mass is 32.1. The lowest BCUT2D eigenvalue weighted by Crippen LogP contribution is -2.63. The van der Waals surface area contributed by atoms with Crippen LogP contribution in [0.25, 0.3) is 0 Å². The molecule has 2 unspecified atom stereocenters. The molecule has 13 nitrogen and oxygen atoms in total. The van der Waals surface area contributed by atoms with Crippen LogP contribution in [0.2, 0.25) is 0 Å².